The molecule has 0 aliphatic rings. The lowest BCUT2D eigenvalue weighted by Gasteiger charge is -2.00. The Morgan fingerprint density at radius 3 is 2.42 bits per heavy atom. The molecule has 0 saturated carbocycles. The Hall–Kier alpha value is -1.59. The van der Waals surface area contributed by atoms with Crippen molar-refractivity contribution in [2.45, 2.75) is 9.92 Å². The number of fused-ring (bicyclic) bond motifs is 1. The molecule has 5 heteroatoms. The van der Waals surface area contributed by atoms with Crippen LogP contribution >= 0.6 is 15.9 Å². The summed E-state index contributed by atoms with van der Waals surface area (Å²) in [5.74, 6) is 0. The molecule has 0 fully saturated rings. The molecule has 19 heavy (non-hydrogen) atoms. The van der Waals surface area contributed by atoms with Crippen LogP contribution in [0.25, 0.3) is 10.9 Å². The van der Waals surface area contributed by atoms with Crippen LogP contribution in [0.15, 0.2) is 69.0 Å². The number of nitrogens with one attached hydrogen (secondary N) is 1. The largest absolute Gasteiger partial charge is 0.345 e. The van der Waals surface area contributed by atoms with Gasteiger partial charge in [-0.15, -0.1) is 0 Å². The Kier molecular flexibility index (Phi) is 2.95. The SMILES string of the molecule is O=S(=O)(c1ccccc1)c1cc2ccc(Br)cc2[nH]1. The van der Waals surface area contributed by atoms with Crippen molar-refractivity contribution in [3.05, 3.63) is 59.1 Å². The van der Waals surface area contributed by atoms with Crippen molar-refractivity contribution in [1.29, 1.82) is 0 Å². The smallest absolute Gasteiger partial charge is 0.221 e. The molecule has 0 saturated heterocycles. The van der Waals surface area contributed by atoms with E-state index in [1.165, 1.54) is 0 Å². The molecule has 2 aromatic carbocycles. The maximum absolute atomic E-state index is 12.4. The van der Waals surface area contributed by atoms with Crippen LogP contribution in [0.5, 0.6) is 0 Å². The van der Waals surface area contributed by atoms with Crippen LogP contribution in [-0.4, -0.2) is 13.4 Å². The first-order valence-electron chi connectivity index (χ1n) is 5.66. The molecule has 0 atom stereocenters. The predicted octanol–water partition coefficient (Wildman–Crippen LogP) is 3.76. The Bertz CT molecular complexity index is 838. The first-order valence-corrected chi connectivity index (χ1v) is 7.93. The van der Waals surface area contributed by atoms with Crippen molar-refractivity contribution in [2.24, 2.45) is 0 Å². The van der Waals surface area contributed by atoms with E-state index in [0.717, 1.165) is 15.4 Å². The molecule has 0 aliphatic heterocycles. The fourth-order valence-electron chi connectivity index (χ4n) is 1.94. The maximum Gasteiger partial charge on any atom is 0.221 e. The Morgan fingerprint density at radius 2 is 1.68 bits per heavy atom. The van der Waals surface area contributed by atoms with E-state index in [1.54, 1.807) is 36.4 Å². The van der Waals surface area contributed by atoms with Crippen LogP contribution in [-0.2, 0) is 9.84 Å². The number of aromatic amines is 1. The monoisotopic (exact) mass is 335 g/mol. The second-order valence-corrected chi connectivity index (χ2v) is 7.02. The summed E-state index contributed by atoms with van der Waals surface area (Å²) < 4.78 is 25.8. The second kappa shape index (κ2) is 4.51. The molecule has 96 valence electrons. The van der Waals surface area contributed by atoms with E-state index in [0.29, 0.717) is 4.90 Å². The van der Waals surface area contributed by atoms with Gasteiger partial charge in [-0.2, -0.15) is 0 Å². The highest BCUT2D eigenvalue weighted by Crippen LogP contribution is 2.26. The molecular formula is C14H10BrNO2S. The van der Waals surface area contributed by atoms with Gasteiger partial charge in [-0.25, -0.2) is 8.42 Å². The summed E-state index contributed by atoms with van der Waals surface area (Å²) >= 11 is 3.37. The summed E-state index contributed by atoms with van der Waals surface area (Å²) in [5.41, 5.74) is 0.795. The molecule has 0 spiro atoms. The summed E-state index contributed by atoms with van der Waals surface area (Å²) in [6.45, 7) is 0. The van der Waals surface area contributed by atoms with E-state index in [4.69, 9.17) is 0 Å². The van der Waals surface area contributed by atoms with Crippen LogP contribution in [0.1, 0.15) is 0 Å². The molecule has 0 aliphatic carbocycles. The Balaban J connectivity index is 2.19. The summed E-state index contributed by atoms with van der Waals surface area (Å²) in [5, 5.41) is 1.09. The normalized spacial score (nSPS) is 11.8. The van der Waals surface area contributed by atoms with E-state index >= 15 is 0 Å². The van der Waals surface area contributed by atoms with Gasteiger partial charge >= 0.3 is 0 Å². The van der Waals surface area contributed by atoms with Crippen molar-refractivity contribution in [3.63, 3.8) is 0 Å². The number of aromatic nitrogens is 1. The van der Waals surface area contributed by atoms with Crippen LogP contribution in [0.2, 0.25) is 0 Å². The van der Waals surface area contributed by atoms with E-state index in [2.05, 4.69) is 20.9 Å². The lowest BCUT2D eigenvalue weighted by atomic mass is 10.3. The Morgan fingerprint density at radius 1 is 0.947 bits per heavy atom. The third-order valence-corrected chi connectivity index (χ3v) is 5.09. The third kappa shape index (κ3) is 2.19. The molecule has 0 unspecified atom stereocenters. The fourth-order valence-corrected chi connectivity index (χ4v) is 3.60. The number of H-pyrrole nitrogens is 1. The van der Waals surface area contributed by atoms with Gasteiger partial charge in [-0.1, -0.05) is 40.2 Å². The molecule has 0 amide bonds. The molecule has 3 rings (SSSR count). The van der Waals surface area contributed by atoms with Gasteiger partial charge in [0, 0.05) is 15.4 Å². The lowest BCUT2D eigenvalue weighted by Crippen LogP contribution is -2.01. The molecule has 0 bridgehead atoms. The molecule has 1 aromatic heterocycles. The van der Waals surface area contributed by atoms with Crippen molar-refractivity contribution < 1.29 is 8.42 Å². The molecule has 0 radical (unpaired) electrons. The van der Waals surface area contributed by atoms with Crippen molar-refractivity contribution in [1.82, 2.24) is 4.98 Å². The van der Waals surface area contributed by atoms with Gasteiger partial charge in [0.05, 0.1) is 4.90 Å². The predicted molar refractivity (Wildman–Crippen MR) is 77.9 cm³/mol. The first-order chi connectivity index (χ1) is 9.07. The van der Waals surface area contributed by atoms with Crippen LogP contribution < -0.4 is 0 Å². The number of hydrogen-bond acceptors (Lipinski definition) is 2. The number of hydrogen-bond donors (Lipinski definition) is 1. The van der Waals surface area contributed by atoms with Crippen molar-refractivity contribution in [3.8, 4) is 0 Å². The third-order valence-electron chi connectivity index (χ3n) is 2.90. The highest BCUT2D eigenvalue weighted by molar-refractivity contribution is 9.10. The minimum Gasteiger partial charge on any atom is -0.345 e. The zero-order valence-electron chi connectivity index (χ0n) is 9.80. The molecule has 3 aromatic rings. The highest BCUT2D eigenvalue weighted by atomic mass is 79.9. The van der Waals surface area contributed by atoms with Gasteiger partial charge in [0.1, 0.15) is 5.03 Å². The average Bonchev–Trinajstić information content (AvgIpc) is 2.83. The summed E-state index contributed by atoms with van der Waals surface area (Å²) in [7, 11) is -3.48. The maximum atomic E-state index is 12.4. The zero-order valence-corrected chi connectivity index (χ0v) is 12.2. The quantitative estimate of drug-likeness (QED) is 0.775. The fraction of sp³-hybridized carbons (Fsp3) is 0. The van der Waals surface area contributed by atoms with Gasteiger partial charge in [-0.05, 0) is 30.3 Å². The van der Waals surface area contributed by atoms with Gasteiger partial charge < -0.3 is 4.98 Å². The minimum atomic E-state index is -3.48. The topological polar surface area (TPSA) is 49.9 Å². The average molecular weight is 336 g/mol. The van der Waals surface area contributed by atoms with Crippen molar-refractivity contribution >= 4 is 36.7 Å². The zero-order chi connectivity index (χ0) is 13.5. The Labute approximate surface area is 119 Å². The van der Waals surface area contributed by atoms with Crippen molar-refractivity contribution in [2.75, 3.05) is 0 Å². The van der Waals surface area contributed by atoms with Gasteiger partial charge in [0.15, 0.2) is 0 Å². The van der Waals surface area contributed by atoms with E-state index in [1.807, 2.05) is 18.2 Å². The van der Waals surface area contributed by atoms with Gasteiger partial charge in [0.2, 0.25) is 9.84 Å². The molecule has 1 N–H and O–H groups in total. The van der Waals surface area contributed by atoms with Gasteiger partial charge in [-0.3, -0.25) is 0 Å². The number of halogens is 1. The van der Waals surface area contributed by atoms with Crippen LogP contribution in [0.3, 0.4) is 0 Å². The highest BCUT2D eigenvalue weighted by Gasteiger charge is 2.19. The molecule has 1 heterocycles. The minimum absolute atomic E-state index is 0.215. The summed E-state index contributed by atoms with van der Waals surface area (Å²) in [4.78, 5) is 3.25. The van der Waals surface area contributed by atoms with Gasteiger partial charge in [0.25, 0.3) is 0 Å². The van der Waals surface area contributed by atoms with E-state index in [-0.39, 0.29) is 5.03 Å². The molecular weight excluding hydrogens is 326 g/mol. The van der Waals surface area contributed by atoms with Crippen LogP contribution in [0, 0.1) is 0 Å². The van der Waals surface area contributed by atoms with E-state index < -0.39 is 9.84 Å². The standard InChI is InChI=1S/C14H10BrNO2S/c15-11-7-6-10-8-14(16-13(10)9-11)19(17,18)12-4-2-1-3-5-12/h1-9,16H. The lowest BCUT2D eigenvalue weighted by molar-refractivity contribution is 0.593. The summed E-state index contributed by atoms with van der Waals surface area (Å²) in [6, 6.07) is 15.7. The number of rotatable bonds is 2. The van der Waals surface area contributed by atoms with Crippen LogP contribution in [0.4, 0.5) is 0 Å². The number of sulfone groups is 1. The second-order valence-electron chi connectivity index (χ2n) is 4.18. The molecule has 3 nitrogen and oxygen atoms in total. The van der Waals surface area contributed by atoms with E-state index in [9.17, 15) is 8.42 Å². The number of benzene rings is 2. The summed E-state index contributed by atoms with van der Waals surface area (Å²) in [6.07, 6.45) is 0. The first kappa shape index (κ1) is 12.4.